The number of hydrogen-bond donors (Lipinski definition) is 1. The van der Waals surface area contributed by atoms with Crippen LogP contribution in [-0.4, -0.2) is 32.9 Å². The van der Waals surface area contributed by atoms with E-state index in [0.29, 0.717) is 6.54 Å². The van der Waals surface area contributed by atoms with Crippen LogP contribution in [0.25, 0.3) is 0 Å². The molecular formula is C28H30N4O. The lowest BCUT2D eigenvalue weighted by atomic mass is 9.77. The van der Waals surface area contributed by atoms with E-state index in [4.69, 9.17) is 10.7 Å². The van der Waals surface area contributed by atoms with E-state index in [-0.39, 0.29) is 18.5 Å². The van der Waals surface area contributed by atoms with E-state index in [0.717, 1.165) is 22.4 Å². The van der Waals surface area contributed by atoms with Gasteiger partial charge in [0, 0.05) is 18.8 Å². The van der Waals surface area contributed by atoms with Gasteiger partial charge in [-0.25, -0.2) is 4.98 Å². The Morgan fingerprint density at radius 2 is 1.33 bits per heavy atom. The highest BCUT2D eigenvalue weighted by Crippen LogP contribution is 2.40. The van der Waals surface area contributed by atoms with Gasteiger partial charge >= 0.3 is 0 Å². The van der Waals surface area contributed by atoms with Crippen molar-refractivity contribution in [3.63, 3.8) is 0 Å². The lowest BCUT2D eigenvalue weighted by Crippen LogP contribution is -2.38. The SMILES string of the molecule is CC(C)N(CC(N)=O)Cc1cn(C(c2ccccc2)(c2ccccc2)c2ccccc2)cn1. The Morgan fingerprint density at radius 1 is 0.879 bits per heavy atom. The van der Waals surface area contributed by atoms with E-state index in [1.165, 1.54) is 0 Å². The molecule has 4 rings (SSSR count). The van der Waals surface area contributed by atoms with Gasteiger partial charge in [0.15, 0.2) is 0 Å². The molecule has 0 bridgehead atoms. The average Bonchev–Trinajstić information content (AvgIpc) is 3.30. The Labute approximate surface area is 195 Å². The highest BCUT2D eigenvalue weighted by Gasteiger charge is 2.38. The summed E-state index contributed by atoms with van der Waals surface area (Å²) in [4.78, 5) is 18.4. The fraction of sp³-hybridized carbons (Fsp3) is 0.214. The minimum atomic E-state index is -0.596. The Hall–Kier alpha value is -3.70. The number of primary amides is 1. The molecule has 0 aliphatic rings. The first-order chi connectivity index (χ1) is 16.0. The molecule has 3 aromatic carbocycles. The predicted molar refractivity (Wildman–Crippen MR) is 132 cm³/mol. The highest BCUT2D eigenvalue weighted by molar-refractivity contribution is 5.75. The van der Waals surface area contributed by atoms with Crippen molar-refractivity contribution in [2.24, 2.45) is 5.73 Å². The predicted octanol–water partition coefficient (Wildman–Crippen LogP) is 4.42. The number of rotatable bonds is 9. The molecule has 0 atom stereocenters. The quantitative estimate of drug-likeness (QED) is 0.394. The molecule has 4 aromatic rings. The molecule has 5 heteroatoms. The summed E-state index contributed by atoms with van der Waals surface area (Å²) in [6, 6.07) is 31.7. The average molecular weight is 439 g/mol. The van der Waals surface area contributed by atoms with E-state index in [2.05, 4.69) is 97.4 Å². The van der Waals surface area contributed by atoms with Crippen molar-refractivity contribution >= 4 is 5.91 Å². The maximum absolute atomic E-state index is 11.6. The van der Waals surface area contributed by atoms with Crippen LogP contribution in [0.15, 0.2) is 104 Å². The first-order valence-electron chi connectivity index (χ1n) is 11.2. The van der Waals surface area contributed by atoms with Crippen molar-refractivity contribution < 1.29 is 4.79 Å². The van der Waals surface area contributed by atoms with Crippen LogP contribution in [-0.2, 0) is 16.9 Å². The van der Waals surface area contributed by atoms with Crippen molar-refractivity contribution in [1.82, 2.24) is 14.5 Å². The normalized spacial score (nSPS) is 11.8. The monoisotopic (exact) mass is 438 g/mol. The van der Waals surface area contributed by atoms with Gasteiger partial charge in [-0.1, -0.05) is 91.0 Å². The summed E-state index contributed by atoms with van der Waals surface area (Å²) in [6.45, 7) is 4.86. The highest BCUT2D eigenvalue weighted by atomic mass is 16.1. The summed E-state index contributed by atoms with van der Waals surface area (Å²) < 4.78 is 2.19. The van der Waals surface area contributed by atoms with Gasteiger partial charge in [-0.05, 0) is 30.5 Å². The van der Waals surface area contributed by atoms with Gasteiger partial charge in [-0.15, -0.1) is 0 Å². The van der Waals surface area contributed by atoms with Crippen LogP contribution in [0, 0.1) is 0 Å². The summed E-state index contributed by atoms with van der Waals surface area (Å²) in [5.74, 6) is -0.338. The fourth-order valence-corrected chi connectivity index (χ4v) is 4.44. The van der Waals surface area contributed by atoms with Gasteiger partial charge < -0.3 is 10.3 Å². The molecule has 0 aliphatic heterocycles. The van der Waals surface area contributed by atoms with Crippen LogP contribution >= 0.6 is 0 Å². The summed E-state index contributed by atoms with van der Waals surface area (Å²) in [6.07, 6.45) is 3.98. The third-order valence-corrected chi connectivity index (χ3v) is 6.05. The van der Waals surface area contributed by atoms with Crippen LogP contribution in [0.2, 0.25) is 0 Å². The Bertz CT molecular complexity index is 1070. The standard InChI is InChI=1S/C28H30N4O/c1-22(2)31(20-27(29)33)18-26-19-32(21-30-26)28(23-12-6-3-7-13-23,24-14-8-4-9-15-24)25-16-10-5-11-17-25/h3-17,19,21-22H,18,20H2,1-2H3,(H2,29,33). The molecule has 33 heavy (non-hydrogen) atoms. The largest absolute Gasteiger partial charge is 0.369 e. The molecule has 0 unspecified atom stereocenters. The van der Waals surface area contributed by atoms with Gasteiger partial charge in [0.05, 0.1) is 18.6 Å². The Kier molecular flexibility index (Phi) is 6.71. The maximum Gasteiger partial charge on any atom is 0.231 e. The number of nitrogens with zero attached hydrogens (tertiary/aromatic N) is 3. The van der Waals surface area contributed by atoms with Crippen molar-refractivity contribution in [3.05, 3.63) is 126 Å². The number of carbonyl (C=O) groups excluding carboxylic acids is 1. The summed E-state index contributed by atoms with van der Waals surface area (Å²) >= 11 is 0. The lowest BCUT2D eigenvalue weighted by molar-refractivity contribution is -0.119. The molecule has 0 fully saturated rings. The van der Waals surface area contributed by atoms with Crippen LogP contribution in [0.3, 0.4) is 0 Å². The number of imidazole rings is 1. The Morgan fingerprint density at radius 3 is 1.73 bits per heavy atom. The third-order valence-electron chi connectivity index (χ3n) is 6.05. The minimum Gasteiger partial charge on any atom is -0.369 e. The fourth-order valence-electron chi connectivity index (χ4n) is 4.44. The number of nitrogens with two attached hydrogens (primary N) is 1. The molecule has 5 nitrogen and oxygen atoms in total. The van der Waals surface area contributed by atoms with Gasteiger partial charge in [-0.3, -0.25) is 9.69 Å². The number of hydrogen-bond acceptors (Lipinski definition) is 3. The first kappa shape index (κ1) is 22.5. The van der Waals surface area contributed by atoms with E-state index < -0.39 is 5.54 Å². The van der Waals surface area contributed by atoms with Crippen LogP contribution in [0.5, 0.6) is 0 Å². The van der Waals surface area contributed by atoms with Gasteiger partial charge in [0.25, 0.3) is 0 Å². The maximum atomic E-state index is 11.6. The first-order valence-corrected chi connectivity index (χ1v) is 11.2. The lowest BCUT2D eigenvalue weighted by Gasteiger charge is -2.37. The van der Waals surface area contributed by atoms with E-state index in [1.54, 1.807) is 0 Å². The van der Waals surface area contributed by atoms with Crippen molar-refractivity contribution in [2.45, 2.75) is 32.0 Å². The molecule has 168 valence electrons. The van der Waals surface area contributed by atoms with Crippen LogP contribution < -0.4 is 5.73 Å². The second kappa shape index (κ2) is 9.84. The molecule has 0 aliphatic carbocycles. The zero-order valence-electron chi connectivity index (χ0n) is 19.1. The smallest absolute Gasteiger partial charge is 0.231 e. The second-order valence-electron chi connectivity index (χ2n) is 8.55. The molecule has 1 aromatic heterocycles. The zero-order chi connectivity index (χ0) is 23.3. The zero-order valence-corrected chi connectivity index (χ0v) is 19.1. The number of carbonyl (C=O) groups is 1. The third kappa shape index (κ3) is 4.59. The molecule has 1 amide bonds. The summed E-state index contributed by atoms with van der Waals surface area (Å²) in [7, 11) is 0. The van der Waals surface area contributed by atoms with Gasteiger partial charge in [0.1, 0.15) is 5.54 Å². The molecule has 0 spiro atoms. The molecular weight excluding hydrogens is 408 g/mol. The number of benzene rings is 3. The van der Waals surface area contributed by atoms with Crippen molar-refractivity contribution in [2.75, 3.05) is 6.54 Å². The molecule has 0 saturated heterocycles. The van der Waals surface area contributed by atoms with Gasteiger partial charge in [-0.2, -0.15) is 0 Å². The second-order valence-corrected chi connectivity index (χ2v) is 8.55. The van der Waals surface area contributed by atoms with E-state index >= 15 is 0 Å². The van der Waals surface area contributed by atoms with Crippen LogP contribution in [0.4, 0.5) is 0 Å². The van der Waals surface area contributed by atoms with E-state index in [9.17, 15) is 4.79 Å². The van der Waals surface area contributed by atoms with Gasteiger partial charge in [0.2, 0.25) is 5.91 Å². The minimum absolute atomic E-state index is 0.171. The van der Waals surface area contributed by atoms with E-state index in [1.807, 2.05) is 29.4 Å². The molecule has 1 heterocycles. The van der Waals surface area contributed by atoms with Crippen molar-refractivity contribution in [3.8, 4) is 0 Å². The Balaban J connectivity index is 1.89. The number of aromatic nitrogens is 2. The molecule has 0 radical (unpaired) electrons. The van der Waals surface area contributed by atoms with Crippen molar-refractivity contribution in [1.29, 1.82) is 0 Å². The number of amides is 1. The topological polar surface area (TPSA) is 64.2 Å². The summed E-state index contributed by atoms with van der Waals surface area (Å²) in [5, 5.41) is 0. The molecule has 0 saturated carbocycles. The summed E-state index contributed by atoms with van der Waals surface area (Å²) in [5.41, 5.74) is 9.20. The molecule has 2 N–H and O–H groups in total. The van der Waals surface area contributed by atoms with Crippen LogP contribution in [0.1, 0.15) is 36.2 Å².